The summed E-state index contributed by atoms with van der Waals surface area (Å²) in [6, 6.07) is 12.6. The molecular formula is C28H36N8O2. The van der Waals surface area contributed by atoms with Gasteiger partial charge in [-0.1, -0.05) is 12.1 Å². The van der Waals surface area contributed by atoms with E-state index in [1.165, 1.54) is 5.56 Å². The van der Waals surface area contributed by atoms with Gasteiger partial charge in [-0.25, -0.2) is 15.0 Å². The van der Waals surface area contributed by atoms with E-state index in [0.717, 1.165) is 74.6 Å². The molecule has 1 atom stereocenters. The largest absolute Gasteiger partial charge is 0.480 e. The molecule has 2 aliphatic rings. The van der Waals surface area contributed by atoms with E-state index in [4.69, 9.17) is 5.73 Å². The number of benzene rings is 1. The Morgan fingerprint density at radius 1 is 1.08 bits per heavy atom. The smallest absolute Gasteiger partial charge is 0.324 e. The summed E-state index contributed by atoms with van der Waals surface area (Å²) in [6.07, 6.45) is 7.80. The van der Waals surface area contributed by atoms with Crippen LogP contribution >= 0.6 is 0 Å². The van der Waals surface area contributed by atoms with Gasteiger partial charge in [-0.3, -0.25) is 14.6 Å². The van der Waals surface area contributed by atoms with E-state index in [0.29, 0.717) is 12.5 Å². The molecule has 1 aliphatic carbocycles. The zero-order chi connectivity index (χ0) is 26.5. The molecule has 1 aromatic carbocycles. The molecule has 200 valence electrons. The number of nitrogens with one attached hydrogen (secondary N) is 2. The molecule has 1 saturated heterocycles. The molecule has 0 amide bonds. The van der Waals surface area contributed by atoms with Gasteiger partial charge < -0.3 is 21.5 Å². The number of carbonyl (C=O) groups is 1. The lowest BCUT2D eigenvalue weighted by Crippen LogP contribution is -2.54. The Balaban J connectivity index is 1.21. The predicted octanol–water partition coefficient (Wildman–Crippen LogP) is 3.34. The summed E-state index contributed by atoms with van der Waals surface area (Å²) in [6.45, 7) is 6.90. The van der Waals surface area contributed by atoms with Crippen molar-refractivity contribution in [3.8, 4) is 11.1 Å². The molecule has 10 nitrogen and oxygen atoms in total. The van der Waals surface area contributed by atoms with E-state index in [9.17, 15) is 9.90 Å². The number of anilines is 3. The summed E-state index contributed by atoms with van der Waals surface area (Å²) in [5.74, 6) is 0.667. The normalized spacial score (nSPS) is 18.1. The summed E-state index contributed by atoms with van der Waals surface area (Å²) in [4.78, 5) is 29.6. The number of hydrogen-bond donors (Lipinski definition) is 4. The first-order valence-electron chi connectivity index (χ1n) is 13.3. The van der Waals surface area contributed by atoms with Crippen molar-refractivity contribution in [3.05, 3.63) is 60.6 Å². The molecule has 5 rings (SSSR count). The van der Waals surface area contributed by atoms with Crippen LogP contribution in [0.2, 0.25) is 0 Å². The van der Waals surface area contributed by atoms with Gasteiger partial charge in [0.05, 0.1) is 0 Å². The van der Waals surface area contributed by atoms with Crippen LogP contribution in [0.25, 0.3) is 11.1 Å². The standard InChI is InChI=1S/C28H36N8O2/c1-20(35-12-14-36(15-13-35)28(7-8-28)26(37)38)21-4-2-5-24(16-21)34-25-17-22(6-11-30-25)23-18-32-27(33-19-23)31-10-3-9-29/h2,4-6,11,16-20H,3,7-10,12-15,29H2,1H3,(H,30,34)(H,37,38)(H,31,32,33). The van der Waals surface area contributed by atoms with Gasteiger partial charge in [0.15, 0.2) is 0 Å². The van der Waals surface area contributed by atoms with Gasteiger partial charge in [-0.2, -0.15) is 0 Å². The minimum atomic E-state index is -0.671. The Morgan fingerprint density at radius 2 is 1.84 bits per heavy atom. The minimum absolute atomic E-state index is 0.229. The van der Waals surface area contributed by atoms with Crippen molar-refractivity contribution >= 4 is 23.4 Å². The Hall–Kier alpha value is -3.60. The van der Waals surface area contributed by atoms with Crippen molar-refractivity contribution < 1.29 is 9.90 Å². The first kappa shape index (κ1) is 26.0. The van der Waals surface area contributed by atoms with Crippen molar-refractivity contribution in [1.29, 1.82) is 0 Å². The van der Waals surface area contributed by atoms with E-state index < -0.39 is 11.5 Å². The first-order valence-corrected chi connectivity index (χ1v) is 13.3. The zero-order valence-corrected chi connectivity index (χ0v) is 21.8. The van der Waals surface area contributed by atoms with Gasteiger partial charge in [-0.05, 0) is 68.1 Å². The Labute approximate surface area is 223 Å². The van der Waals surface area contributed by atoms with Crippen LogP contribution in [0.4, 0.5) is 17.5 Å². The topological polar surface area (TPSA) is 133 Å². The maximum Gasteiger partial charge on any atom is 0.324 e. The summed E-state index contributed by atoms with van der Waals surface area (Å²) in [5, 5.41) is 16.2. The van der Waals surface area contributed by atoms with Crippen LogP contribution in [0.1, 0.15) is 37.8 Å². The maximum atomic E-state index is 11.7. The number of carboxylic acids is 1. The van der Waals surface area contributed by atoms with Gasteiger partial charge in [0, 0.05) is 68.6 Å². The molecule has 10 heteroatoms. The lowest BCUT2D eigenvalue weighted by molar-refractivity contribution is -0.146. The van der Waals surface area contributed by atoms with E-state index >= 15 is 0 Å². The summed E-state index contributed by atoms with van der Waals surface area (Å²) < 4.78 is 0. The second-order valence-corrected chi connectivity index (χ2v) is 10.1. The van der Waals surface area contributed by atoms with Crippen LogP contribution in [0.3, 0.4) is 0 Å². The van der Waals surface area contributed by atoms with Crippen LogP contribution in [-0.4, -0.2) is 80.6 Å². The van der Waals surface area contributed by atoms with Crippen molar-refractivity contribution in [2.75, 3.05) is 49.9 Å². The molecule has 0 radical (unpaired) electrons. The van der Waals surface area contributed by atoms with Gasteiger partial charge >= 0.3 is 5.97 Å². The van der Waals surface area contributed by atoms with Gasteiger partial charge in [0.1, 0.15) is 11.4 Å². The van der Waals surface area contributed by atoms with Crippen LogP contribution in [0.5, 0.6) is 0 Å². The Kier molecular flexibility index (Phi) is 7.82. The molecular weight excluding hydrogens is 480 g/mol. The molecule has 3 heterocycles. The monoisotopic (exact) mass is 516 g/mol. The fourth-order valence-corrected chi connectivity index (χ4v) is 5.11. The van der Waals surface area contributed by atoms with E-state index in [2.05, 4.69) is 60.5 Å². The number of aromatic nitrogens is 3. The fraction of sp³-hybridized carbons (Fsp3) is 0.429. The van der Waals surface area contributed by atoms with Crippen molar-refractivity contribution in [2.45, 2.75) is 37.8 Å². The minimum Gasteiger partial charge on any atom is -0.480 e. The molecule has 3 aromatic rings. The molecule has 38 heavy (non-hydrogen) atoms. The number of rotatable bonds is 11. The van der Waals surface area contributed by atoms with Gasteiger partial charge in [-0.15, -0.1) is 0 Å². The Morgan fingerprint density at radius 3 is 2.53 bits per heavy atom. The van der Waals surface area contributed by atoms with Crippen LogP contribution in [-0.2, 0) is 4.79 Å². The van der Waals surface area contributed by atoms with Gasteiger partial charge in [0.2, 0.25) is 5.95 Å². The second kappa shape index (κ2) is 11.4. The third-order valence-corrected chi connectivity index (χ3v) is 7.64. The third kappa shape index (κ3) is 5.77. The van der Waals surface area contributed by atoms with E-state index in [-0.39, 0.29) is 6.04 Å². The summed E-state index contributed by atoms with van der Waals surface area (Å²) in [7, 11) is 0. The molecule has 1 unspecified atom stereocenters. The number of carboxylic acid groups (broad SMARTS) is 1. The quantitative estimate of drug-likeness (QED) is 0.281. The first-order chi connectivity index (χ1) is 18.5. The molecule has 1 aliphatic heterocycles. The van der Waals surface area contributed by atoms with Crippen LogP contribution in [0, 0.1) is 0 Å². The number of nitrogens with zero attached hydrogens (tertiary/aromatic N) is 5. The highest BCUT2D eigenvalue weighted by molar-refractivity contribution is 5.82. The predicted molar refractivity (Wildman–Crippen MR) is 148 cm³/mol. The van der Waals surface area contributed by atoms with Crippen LogP contribution in [0.15, 0.2) is 55.0 Å². The zero-order valence-electron chi connectivity index (χ0n) is 21.8. The summed E-state index contributed by atoms with van der Waals surface area (Å²) in [5.41, 5.74) is 9.01. The number of aliphatic carboxylic acids is 1. The van der Waals surface area contributed by atoms with Gasteiger partial charge in [0.25, 0.3) is 0 Å². The molecule has 2 aromatic heterocycles. The molecule has 0 bridgehead atoms. The van der Waals surface area contributed by atoms with E-state index in [1.807, 2.05) is 18.2 Å². The SMILES string of the molecule is CC(c1cccc(Nc2cc(-c3cnc(NCCCN)nc3)ccn2)c1)N1CCN(C2(C(=O)O)CC2)CC1. The third-order valence-electron chi connectivity index (χ3n) is 7.64. The molecule has 2 fully saturated rings. The molecule has 5 N–H and O–H groups in total. The van der Waals surface area contributed by atoms with E-state index in [1.54, 1.807) is 18.6 Å². The van der Waals surface area contributed by atoms with Crippen molar-refractivity contribution in [3.63, 3.8) is 0 Å². The average Bonchev–Trinajstić information content (AvgIpc) is 3.76. The number of hydrogen-bond acceptors (Lipinski definition) is 9. The lowest BCUT2D eigenvalue weighted by Gasteiger charge is -2.40. The number of nitrogens with two attached hydrogens (primary N) is 1. The summed E-state index contributed by atoms with van der Waals surface area (Å²) >= 11 is 0. The average molecular weight is 517 g/mol. The lowest BCUT2D eigenvalue weighted by atomic mass is 10.0. The fourth-order valence-electron chi connectivity index (χ4n) is 5.11. The van der Waals surface area contributed by atoms with Crippen molar-refractivity contribution in [2.24, 2.45) is 5.73 Å². The molecule has 0 spiro atoms. The van der Waals surface area contributed by atoms with Crippen LogP contribution < -0.4 is 16.4 Å². The highest BCUT2D eigenvalue weighted by atomic mass is 16.4. The van der Waals surface area contributed by atoms with Crippen molar-refractivity contribution in [1.82, 2.24) is 24.8 Å². The highest BCUT2D eigenvalue weighted by Crippen LogP contribution is 2.42. The Bertz CT molecular complexity index is 1240. The second-order valence-electron chi connectivity index (χ2n) is 10.1. The highest BCUT2D eigenvalue weighted by Gasteiger charge is 2.55. The number of pyridine rings is 1. The molecule has 1 saturated carbocycles. The maximum absolute atomic E-state index is 11.7. The number of piperazine rings is 1.